The third kappa shape index (κ3) is 4.22. The maximum Gasteiger partial charge on any atom is 0.203 e. The molecule has 228 valence electrons. The van der Waals surface area contributed by atoms with Crippen LogP contribution in [0, 0.1) is 28.6 Å². The van der Waals surface area contributed by atoms with Gasteiger partial charge in [0.25, 0.3) is 0 Å². The molecule has 1 saturated carbocycles. The summed E-state index contributed by atoms with van der Waals surface area (Å²) >= 11 is 0. The van der Waals surface area contributed by atoms with Crippen molar-refractivity contribution in [3.8, 4) is 16.9 Å². The molecule has 5 atom stereocenters. The first-order valence-electron chi connectivity index (χ1n) is 15.2. The van der Waals surface area contributed by atoms with E-state index in [1.807, 2.05) is 19.1 Å². The van der Waals surface area contributed by atoms with Gasteiger partial charge in [0.05, 0.1) is 5.56 Å². The Hall–Kier alpha value is -3.71. The maximum absolute atomic E-state index is 14.4. The molecule has 2 aromatic rings. The van der Waals surface area contributed by atoms with E-state index in [2.05, 4.69) is 26.0 Å². The number of carbonyl (C=O) groups excluding carboxylic acids is 3. The van der Waals surface area contributed by atoms with E-state index in [4.69, 9.17) is 0 Å². The number of allylic oxidation sites excluding steroid dienone is 1. The summed E-state index contributed by atoms with van der Waals surface area (Å²) in [6, 6.07) is 11.5. The number of fused-ring (bicyclic) bond motifs is 3. The maximum atomic E-state index is 14.4. The van der Waals surface area contributed by atoms with Crippen LogP contribution in [0.2, 0.25) is 0 Å². The van der Waals surface area contributed by atoms with E-state index in [-0.39, 0.29) is 35.6 Å². The van der Waals surface area contributed by atoms with Crippen LogP contribution in [0.25, 0.3) is 16.9 Å². The average Bonchev–Trinajstić information content (AvgIpc) is 2.91. The van der Waals surface area contributed by atoms with Crippen LogP contribution in [0.1, 0.15) is 78.0 Å². The van der Waals surface area contributed by atoms with Crippen LogP contribution in [0.3, 0.4) is 0 Å². The van der Waals surface area contributed by atoms with Crippen molar-refractivity contribution in [2.45, 2.75) is 79.8 Å². The first-order valence-corrected chi connectivity index (χ1v) is 15.2. The zero-order valence-corrected chi connectivity index (χ0v) is 26.0. The lowest BCUT2D eigenvalue weighted by molar-refractivity contribution is -0.178. The van der Waals surface area contributed by atoms with Crippen LogP contribution < -0.4 is 0 Å². The van der Waals surface area contributed by atoms with E-state index in [9.17, 15) is 34.8 Å². The number of hydrogen-bond donors (Lipinski definition) is 4. The summed E-state index contributed by atoms with van der Waals surface area (Å²) in [4.78, 5) is 40.7. The molecule has 0 spiro atoms. The second kappa shape index (κ2) is 10.2. The molecule has 0 bridgehead atoms. The molecule has 3 aliphatic carbocycles. The van der Waals surface area contributed by atoms with Crippen LogP contribution >= 0.6 is 0 Å². The average molecular weight is 587 g/mol. The standard InChI is InChI=1S/C36H42O7/c1-8-19(4)15-21-9-11-22(12-10-21)23-13-14-25(38)27-24(23)16-34(6)17-35(7)28(18(2)3)30(39)26(20(5)37)32(41)36(35,43)33(42)29(34)31(27)40/h9-14,18-19,28,38,40-41,43H,8,15-17H2,1-7H3/t19?,28?,34-,35-,36+/m1/s1. The molecule has 0 aliphatic heterocycles. The molecule has 0 amide bonds. The zero-order valence-electron chi connectivity index (χ0n) is 26.0. The molecule has 2 aromatic carbocycles. The van der Waals surface area contributed by atoms with Gasteiger partial charge in [0.1, 0.15) is 22.8 Å². The van der Waals surface area contributed by atoms with Crippen molar-refractivity contribution >= 4 is 23.1 Å². The predicted molar refractivity (Wildman–Crippen MR) is 164 cm³/mol. The van der Waals surface area contributed by atoms with Crippen LogP contribution in [-0.4, -0.2) is 43.4 Å². The smallest absolute Gasteiger partial charge is 0.203 e. The summed E-state index contributed by atoms with van der Waals surface area (Å²) in [6.07, 6.45) is 2.34. The Morgan fingerprint density at radius 2 is 1.63 bits per heavy atom. The number of benzene rings is 2. The molecular formula is C36H42O7. The lowest BCUT2D eigenvalue weighted by Crippen LogP contribution is -2.69. The van der Waals surface area contributed by atoms with Crippen molar-refractivity contribution in [3.05, 3.63) is 70.0 Å². The van der Waals surface area contributed by atoms with Gasteiger partial charge in [0.2, 0.25) is 5.78 Å². The summed E-state index contributed by atoms with van der Waals surface area (Å²) in [5, 5.41) is 46.2. The highest BCUT2D eigenvalue weighted by atomic mass is 16.3. The number of aliphatic hydroxyl groups is 3. The first kappa shape index (κ1) is 30.7. The van der Waals surface area contributed by atoms with Crippen LogP contribution in [0.4, 0.5) is 0 Å². The van der Waals surface area contributed by atoms with Gasteiger partial charge in [-0.15, -0.1) is 0 Å². The SMILES string of the molecule is CCC(C)Cc1ccc(-c2ccc(O)c3c2C[C@]2(C)C[C@]4(C)C(C(C)C)C(=O)C(C(C)=O)=C(O)[C@]4(O)C(=O)C2=C3O)cc1. The van der Waals surface area contributed by atoms with Gasteiger partial charge in [-0.1, -0.05) is 78.3 Å². The van der Waals surface area contributed by atoms with Gasteiger partial charge in [-0.25, -0.2) is 0 Å². The minimum absolute atomic E-state index is 0.0633. The number of phenols is 1. The van der Waals surface area contributed by atoms with E-state index in [0.717, 1.165) is 30.9 Å². The van der Waals surface area contributed by atoms with E-state index in [0.29, 0.717) is 11.5 Å². The van der Waals surface area contributed by atoms with Crippen LogP contribution in [-0.2, 0) is 27.2 Å². The van der Waals surface area contributed by atoms with Gasteiger partial charge in [0.15, 0.2) is 17.2 Å². The fraction of sp³-hybridized carbons (Fsp3) is 0.472. The van der Waals surface area contributed by atoms with E-state index >= 15 is 0 Å². The summed E-state index contributed by atoms with van der Waals surface area (Å²) < 4.78 is 0. The van der Waals surface area contributed by atoms with Crippen molar-refractivity contribution in [1.82, 2.24) is 0 Å². The van der Waals surface area contributed by atoms with Gasteiger partial charge in [0, 0.05) is 22.3 Å². The summed E-state index contributed by atoms with van der Waals surface area (Å²) in [5.41, 5.74) is -2.18. The Balaban J connectivity index is 1.73. The number of phenolic OH excluding ortho intramolecular Hbond substituents is 1. The Morgan fingerprint density at radius 3 is 2.19 bits per heavy atom. The number of carbonyl (C=O) groups is 3. The summed E-state index contributed by atoms with van der Waals surface area (Å²) in [5.74, 6) is -4.69. The normalized spacial score (nSPS) is 29.4. The largest absolute Gasteiger partial charge is 0.508 e. The van der Waals surface area contributed by atoms with Gasteiger partial charge in [-0.05, 0) is 66.3 Å². The Labute approximate surface area is 253 Å². The van der Waals surface area contributed by atoms with Crippen molar-refractivity contribution < 1.29 is 34.8 Å². The zero-order chi connectivity index (χ0) is 31.8. The molecule has 0 saturated heterocycles. The summed E-state index contributed by atoms with van der Waals surface area (Å²) in [6.45, 7) is 12.5. The number of rotatable bonds is 6. The highest BCUT2D eigenvalue weighted by molar-refractivity contribution is 6.24. The van der Waals surface area contributed by atoms with Crippen molar-refractivity contribution in [3.63, 3.8) is 0 Å². The second-order valence-electron chi connectivity index (χ2n) is 13.9. The van der Waals surface area contributed by atoms with Crippen LogP contribution in [0.15, 0.2) is 53.3 Å². The Bertz CT molecular complexity index is 1610. The molecule has 7 nitrogen and oxygen atoms in total. The Kier molecular flexibility index (Phi) is 7.28. The second-order valence-corrected chi connectivity index (χ2v) is 13.9. The van der Waals surface area contributed by atoms with Gasteiger partial charge in [-0.3, -0.25) is 14.4 Å². The van der Waals surface area contributed by atoms with E-state index < -0.39 is 56.8 Å². The van der Waals surface area contributed by atoms with Crippen molar-refractivity contribution in [1.29, 1.82) is 0 Å². The molecule has 5 rings (SSSR count). The van der Waals surface area contributed by atoms with E-state index in [1.165, 1.54) is 11.6 Å². The number of aliphatic hydroxyl groups excluding tert-OH is 2. The molecule has 2 unspecified atom stereocenters. The van der Waals surface area contributed by atoms with Gasteiger partial charge < -0.3 is 20.4 Å². The fourth-order valence-electron chi connectivity index (χ4n) is 8.36. The highest BCUT2D eigenvalue weighted by Crippen LogP contribution is 2.65. The van der Waals surface area contributed by atoms with Crippen molar-refractivity contribution in [2.75, 3.05) is 0 Å². The predicted octanol–water partition coefficient (Wildman–Crippen LogP) is 6.45. The molecule has 7 heteroatoms. The minimum atomic E-state index is -2.62. The lowest BCUT2D eigenvalue weighted by atomic mass is 9.43. The van der Waals surface area contributed by atoms with Gasteiger partial charge >= 0.3 is 0 Å². The van der Waals surface area contributed by atoms with Gasteiger partial charge in [-0.2, -0.15) is 0 Å². The van der Waals surface area contributed by atoms with Crippen molar-refractivity contribution in [2.24, 2.45) is 28.6 Å². The van der Waals surface area contributed by atoms with E-state index in [1.54, 1.807) is 26.8 Å². The monoisotopic (exact) mass is 586 g/mol. The molecule has 4 N–H and O–H groups in total. The number of Topliss-reactive ketones (excluding diaryl/α,β-unsaturated/α-hetero) is 3. The number of ketones is 3. The fourth-order valence-corrected chi connectivity index (χ4v) is 8.36. The third-order valence-corrected chi connectivity index (χ3v) is 10.4. The molecule has 0 heterocycles. The molecule has 43 heavy (non-hydrogen) atoms. The number of hydrogen-bond acceptors (Lipinski definition) is 7. The third-order valence-electron chi connectivity index (χ3n) is 10.4. The molecule has 0 radical (unpaired) electrons. The molecule has 0 aromatic heterocycles. The summed E-state index contributed by atoms with van der Waals surface area (Å²) in [7, 11) is 0. The topological polar surface area (TPSA) is 132 Å². The number of aromatic hydroxyl groups is 1. The quantitative estimate of drug-likeness (QED) is 0.286. The first-order chi connectivity index (χ1) is 20.0. The molecule has 3 aliphatic rings. The molecule has 1 fully saturated rings. The Morgan fingerprint density at radius 1 is 1.00 bits per heavy atom. The lowest BCUT2D eigenvalue weighted by Gasteiger charge is -2.59. The highest BCUT2D eigenvalue weighted by Gasteiger charge is 2.72. The van der Waals surface area contributed by atoms with Crippen LogP contribution in [0.5, 0.6) is 5.75 Å². The molecular weight excluding hydrogens is 544 g/mol. The minimum Gasteiger partial charge on any atom is -0.508 e.